The number of nitrogens with zero attached hydrogens (tertiary/aromatic N) is 1. The van der Waals surface area contributed by atoms with Gasteiger partial charge < -0.3 is 19.5 Å². The van der Waals surface area contributed by atoms with Gasteiger partial charge in [0.1, 0.15) is 6.04 Å². The van der Waals surface area contributed by atoms with Gasteiger partial charge in [0.15, 0.2) is 11.5 Å². The van der Waals surface area contributed by atoms with Gasteiger partial charge in [-0.3, -0.25) is 14.5 Å². The number of nitrogens with one attached hydrogen (secondary N) is 1. The Morgan fingerprint density at radius 1 is 1.07 bits per heavy atom. The number of fused-ring (bicyclic) bond motifs is 1. The van der Waals surface area contributed by atoms with Crippen LogP contribution in [0, 0.1) is 0 Å². The summed E-state index contributed by atoms with van der Waals surface area (Å²) in [6.07, 6.45) is 3.59. The molecule has 7 nitrogen and oxygen atoms in total. The topological polar surface area (TPSA) is 77.1 Å². The smallest absolute Gasteiger partial charge is 0.251 e. The maximum Gasteiger partial charge on any atom is 0.251 e. The van der Waals surface area contributed by atoms with E-state index in [1.807, 2.05) is 24.3 Å². The van der Waals surface area contributed by atoms with Gasteiger partial charge in [0.2, 0.25) is 11.7 Å². The van der Waals surface area contributed by atoms with Crippen LogP contribution in [-0.4, -0.2) is 46.2 Å². The molecular weight excluding hydrogens is 372 g/mol. The third kappa shape index (κ3) is 3.89. The molecule has 3 rings (SSSR count). The van der Waals surface area contributed by atoms with Gasteiger partial charge in [0.25, 0.3) is 5.91 Å². The van der Waals surface area contributed by atoms with Gasteiger partial charge in [0.05, 0.1) is 21.3 Å². The first-order valence-electron chi connectivity index (χ1n) is 9.14. The molecule has 1 N–H and O–H groups in total. The molecule has 1 aliphatic heterocycles. The average molecular weight is 396 g/mol. The molecule has 0 aliphatic carbocycles. The van der Waals surface area contributed by atoms with Crippen LogP contribution in [0.15, 0.2) is 42.5 Å². The van der Waals surface area contributed by atoms with Crippen molar-refractivity contribution in [2.45, 2.75) is 12.5 Å². The van der Waals surface area contributed by atoms with Crippen LogP contribution in [0.25, 0.3) is 6.08 Å². The maximum atomic E-state index is 13.0. The van der Waals surface area contributed by atoms with E-state index in [2.05, 4.69) is 5.32 Å². The molecule has 2 aromatic carbocycles. The van der Waals surface area contributed by atoms with E-state index in [1.54, 1.807) is 25.3 Å². The molecule has 0 fully saturated rings. The van der Waals surface area contributed by atoms with E-state index in [4.69, 9.17) is 14.2 Å². The van der Waals surface area contributed by atoms with Crippen LogP contribution >= 0.6 is 0 Å². The zero-order valence-electron chi connectivity index (χ0n) is 16.9. The summed E-state index contributed by atoms with van der Waals surface area (Å²) < 4.78 is 16.0. The normalized spacial score (nSPS) is 15.2. The van der Waals surface area contributed by atoms with Crippen LogP contribution in [0.5, 0.6) is 17.2 Å². The number of carbonyl (C=O) groups excluding carboxylic acids is 2. The SMILES string of the molecule is CNC(=O)C1Cc2ccccc2N1C(=O)C=Cc1cc(OC)c(OC)c(OC)c1. The number of rotatable bonds is 6. The van der Waals surface area contributed by atoms with Gasteiger partial charge in [-0.25, -0.2) is 0 Å². The first-order chi connectivity index (χ1) is 14.0. The first kappa shape index (κ1) is 20.3. The minimum absolute atomic E-state index is 0.198. The van der Waals surface area contributed by atoms with Crippen molar-refractivity contribution < 1.29 is 23.8 Å². The monoisotopic (exact) mass is 396 g/mol. The fourth-order valence-electron chi connectivity index (χ4n) is 3.48. The van der Waals surface area contributed by atoms with Crippen LogP contribution in [-0.2, 0) is 16.0 Å². The molecule has 1 heterocycles. The minimum Gasteiger partial charge on any atom is -0.493 e. The summed E-state index contributed by atoms with van der Waals surface area (Å²) in [6, 6.07) is 10.5. The molecule has 0 aromatic heterocycles. The second-order valence-electron chi connectivity index (χ2n) is 6.46. The Morgan fingerprint density at radius 2 is 1.72 bits per heavy atom. The highest BCUT2D eigenvalue weighted by Gasteiger charge is 2.36. The van der Waals surface area contributed by atoms with E-state index >= 15 is 0 Å². The molecule has 1 aliphatic rings. The molecule has 2 aromatic rings. The molecule has 2 amide bonds. The lowest BCUT2D eigenvalue weighted by molar-refractivity contribution is -0.124. The van der Waals surface area contributed by atoms with Gasteiger partial charge in [-0.15, -0.1) is 0 Å². The highest BCUT2D eigenvalue weighted by Crippen LogP contribution is 2.38. The quantitative estimate of drug-likeness (QED) is 0.759. The van der Waals surface area contributed by atoms with Gasteiger partial charge in [-0.05, 0) is 35.4 Å². The predicted octanol–water partition coefficient (Wildman–Crippen LogP) is 2.43. The van der Waals surface area contributed by atoms with E-state index in [0.717, 1.165) is 11.3 Å². The lowest BCUT2D eigenvalue weighted by Crippen LogP contribution is -2.46. The molecule has 0 saturated carbocycles. The van der Waals surface area contributed by atoms with Crippen molar-refractivity contribution in [3.8, 4) is 17.2 Å². The first-order valence-corrected chi connectivity index (χ1v) is 9.14. The number of anilines is 1. The number of amides is 2. The molecule has 0 spiro atoms. The average Bonchev–Trinajstić information content (AvgIpc) is 3.15. The van der Waals surface area contributed by atoms with Crippen molar-refractivity contribution in [2.24, 2.45) is 0 Å². The third-order valence-electron chi connectivity index (χ3n) is 4.87. The summed E-state index contributed by atoms with van der Waals surface area (Å²) >= 11 is 0. The van der Waals surface area contributed by atoms with Gasteiger partial charge in [0, 0.05) is 25.2 Å². The number of hydrogen-bond acceptors (Lipinski definition) is 5. The molecule has 0 saturated heterocycles. The maximum absolute atomic E-state index is 13.0. The molecular formula is C22H24N2O5. The second-order valence-corrected chi connectivity index (χ2v) is 6.46. The number of para-hydroxylation sites is 1. The Labute approximate surface area is 169 Å². The lowest BCUT2D eigenvalue weighted by atomic mass is 10.1. The Bertz CT molecular complexity index is 929. The Balaban J connectivity index is 1.92. The third-order valence-corrected chi connectivity index (χ3v) is 4.87. The Hall–Kier alpha value is -3.48. The fourth-order valence-corrected chi connectivity index (χ4v) is 3.48. The number of methoxy groups -OCH3 is 3. The molecule has 7 heteroatoms. The molecule has 0 radical (unpaired) electrons. The largest absolute Gasteiger partial charge is 0.493 e. The highest BCUT2D eigenvalue weighted by molar-refractivity contribution is 6.09. The van der Waals surface area contributed by atoms with Crippen LogP contribution in [0.1, 0.15) is 11.1 Å². The molecule has 1 unspecified atom stereocenters. The molecule has 1 atom stereocenters. The molecule has 29 heavy (non-hydrogen) atoms. The van der Waals surface area contributed by atoms with E-state index in [-0.39, 0.29) is 11.8 Å². The molecule has 152 valence electrons. The number of carbonyl (C=O) groups is 2. The predicted molar refractivity (Wildman–Crippen MR) is 111 cm³/mol. The van der Waals surface area contributed by atoms with Crippen LogP contribution in [0.3, 0.4) is 0 Å². The summed E-state index contributed by atoms with van der Waals surface area (Å²) in [6.45, 7) is 0. The van der Waals surface area contributed by atoms with Crippen LogP contribution < -0.4 is 24.4 Å². The van der Waals surface area contributed by atoms with E-state index in [1.165, 1.54) is 32.3 Å². The number of likely N-dealkylation sites (N-methyl/N-ethyl adjacent to an activating group) is 1. The molecule has 0 bridgehead atoms. The van der Waals surface area contributed by atoms with E-state index in [0.29, 0.717) is 29.2 Å². The summed E-state index contributed by atoms with van der Waals surface area (Å²) in [5.74, 6) is 0.988. The van der Waals surface area contributed by atoms with Gasteiger partial charge in [-0.2, -0.15) is 0 Å². The summed E-state index contributed by atoms with van der Waals surface area (Å²) in [5, 5.41) is 2.64. The van der Waals surface area contributed by atoms with E-state index in [9.17, 15) is 9.59 Å². The standard InChI is InChI=1S/C22H24N2O5/c1-23-22(26)17-13-15-7-5-6-8-16(15)24(17)20(25)10-9-14-11-18(27-2)21(29-4)19(12-14)28-3/h5-12,17H,13H2,1-4H3,(H,23,26). The van der Waals surface area contributed by atoms with Crippen LogP contribution in [0.4, 0.5) is 5.69 Å². The van der Waals surface area contributed by atoms with Gasteiger partial charge >= 0.3 is 0 Å². The van der Waals surface area contributed by atoms with Crippen molar-refractivity contribution >= 4 is 23.6 Å². The summed E-state index contributed by atoms with van der Waals surface area (Å²) in [4.78, 5) is 26.9. The van der Waals surface area contributed by atoms with Crippen molar-refractivity contribution in [2.75, 3.05) is 33.3 Å². The zero-order valence-corrected chi connectivity index (χ0v) is 16.9. The minimum atomic E-state index is -0.575. The highest BCUT2D eigenvalue weighted by atomic mass is 16.5. The summed E-state index contributed by atoms with van der Waals surface area (Å²) in [5.41, 5.74) is 2.42. The second kappa shape index (κ2) is 8.68. The van der Waals surface area contributed by atoms with Crippen molar-refractivity contribution in [1.82, 2.24) is 5.32 Å². The number of benzene rings is 2. The number of ether oxygens (including phenoxy) is 3. The van der Waals surface area contributed by atoms with Gasteiger partial charge in [-0.1, -0.05) is 18.2 Å². The van der Waals surface area contributed by atoms with Crippen molar-refractivity contribution in [3.05, 3.63) is 53.6 Å². The Morgan fingerprint density at radius 3 is 2.31 bits per heavy atom. The lowest BCUT2D eigenvalue weighted by Gasteiger charge is -2.23. The van der Waals surface area contributed by atoms with E-state index < -0.39 is 6.04 Å². The Kier molecular flexibility index (Phi) is 6.07. The zero-order chi connectivity index (χ0) is 21.0. The summed E-state index contributed by atoms with van der Waals surface area (Å²) in [7, 11) is 6.17. The fraction of sp³-hybridized carbons (Fsp3) is 0.273. The number of hydrogen-bond donors (Lipinski definition) is 1. The van der Waals surface area contributed by atoms with Crippen molar-refractivity contribution in [1.29, 1.82) is 0 Å². The van der Waals surface area contributed by atoms with Crippen molar-refractivity contribution in [3.63, 3.8) is 0 Å². The van der Waals surface area contributed by atoms with Crippen LogP contribution in [0.2, 0.25) is 0 Å².